The van der Waals surface area contributed by atoms with Crippen molar-refractivity contribution in [3.63, 3.8) is 0 Å². The van der Waals surface area contributed by atoms with Crippen LogP contribution >= 0.6 is 11.8 Å². The van der Waals surface area contributed by atoms with Gasteiger partial charge in [-0.15, -0.1) is 11.8 Å². The first-order chi connectivity index (χ1) is 8.88. The van der Waals surface area contributed by atoms with Gasteiger partial charge in [-0.05, 0) is 55.9 Å². The van der Waals surface area contributed by atoms with Crippen LogP contribution in [0.4, 0.5) is 0 Å². The normalized spacial score (nSPS) is 18.7. The average Bonchev–Trinajstić information content (AvgIpc) is 2.74. The molecule has 0 heterocycles. The molecule has 0 fully saturated rings. The van der Waals surface area contributed by atoms with E-state index in [9.17, 15) is 4.79 Å². The summed E-state index contributed by atoms with van der Waals surface area (Å²) in [6, 6.07) is 6.59. The van der Waals surface area contributed by atoms with Gasteiger partial charge in [-0.2, -0.15) is 0 Å². The molecule has 2 atom stereocenters. The molecule has 0 bridgehead atoms. The number of rotatable bonds is 5. The van der Waals surface area contributed by atoms with Crippen LogP contribution in [0.15, 0.2) is 23.1 Å². The number of aryl methyl sites for hydroxylation is 2. The fraction of sp³-hybridized carbons (Fsp3) is 0.533. The van der Waals surface area contributed by atoms with Gasteiger partial charge in [-0.25, -0.2) is 0 Å². The van der Waals surface area contributed by atoms with E-state index in [1.54, 1.807) is 18.7 Å². The van der Waals surface area contributed by atoms with Crippen LogP contribution in [0.2, 0.25) is 0 Å². The number of hydrogen-bond donors (Lipinski definition) is 2. The number of hydrogen-bond acceptors (Lipinski definition) is 3. The second-order valence-corrected chi connectivity index (χ2v) is 7.15. The van der Waals surface area contributed by atoms with Crippen LogP contribution in [0.5, 0.6) is 0 Å². The molecule has 2 unspecified atom stereocenters. The second-order valence-electron chi connectivity index (χ2n) is 5.64. The highest BCUT2D eigenvalue weighted by atomic mass is 32.2. The van der Waals surface area contributed by atoms with E-state index in [4.69, 9.17) is 10.8 Å². The molecule has 0 saturated heterocycles. The van der Waals surface area contributed by atoms with E-state index in [1.165, 1.54) is 35.3 Å². The minimum absolute atomic E-state index is 0.186. The maximum atomic E-state index is 11.0. The van der Waals surface area contributed by atoms with Crippen molar-refractivity contribution < 1.29 is 9.90 Å². The van der Waals surface area contributed by atoms with E-state index in [-0.39, 0.29) is 5.25 Å². The Kier molecular flexibility index (Phi) is 4.21. The van der Waals surface area contributed by atoms with Gasteiger partial charge >= 0.3 is 5.97 Å². The SMILES string of the molecule is CC(CC(C)(N)C(=O)O)Sc1ccc2c(c1)CCC2. The zero-order valence-corrected chi connectivity index (χ0v) is 12.3. The first-order valence-corrected chi connectivity index (χ1v) is 7.57. The lowest BCUT2D eigenvalue weighted by Gasteiger charge is -2.23. The molecule has 104 valence electrons. The average molecular weight is 279 g/mol. The fourth-order valence-electron chi connectivity index (χ4n) is 2.58. The van der Waals surface area contributed by atoms with Crippen LogP contribution in [0.25, 0.3) is 0 Å². The van der Waals surface area contributed by atoms with Gasteiger partial charge in [0.15, 0.2) is 0 Å². The Labute approximate surface area is 118 Å². The quantitative estimate of drug-likeness (QED) is 0.814. The molecule has 1 aliphatic rings. The van der Waals surface area contributed by atoms with Crippen molar-refractivity contribution in [3.8, 4) is 0 Å². The highest BCUT2D eigenvalue weighted by Gasteiger charge is 2.30. The maximum Gasteiger partial charge on any atom is 0.323 e. The molecule has 3 N–H and O–H groups in total. The third-order valence-corrected chi connectivity index (χ3v) is 4.70. The Morgan fingerprint density at radius 3 is 2.84 bits per heavy atom. The van der Waals surface area contributed by atoms with Crippen LogP contribution in [-0.2, 0) is 17.6 Å². The van der Waals surface area contributed by atoms with Crippen molar-refractivity contribution in [1.82, 2.24) is 0 Å². The molecule has 0 amide bonds. The molecule has 0 radical (unpaired) electrons. The van der Waals surface area contributed by atoms with Gasteiger partial charge in [0.05, 0.1) is 0 Å². The van der Waals surface area contributed by atoms with E-state index in [2.05, 4.69) is 18.2 Å². The molecule has 3 nitrogen and oxygen atoms in total. The van der Waals surface area contributed by atoms with Gasteiger partial charge in [0.1, 0.15) is 5.54 Å². The molecule has 1 aromatic rings. The Morgan fingerprint density at radius 1 is 1.47 bits per heavy atom. The Balaban J connectivity index is 1.99. The van der Waals surface area contributed by atoms with E-state index in [0.717, 1.165) is 0 Å². The van der Waals surface area contributed by atoms with E-state index in [1.807, 2.05) is 6.92 Å². The predicted octanol–water partition coefficient (Wildman–Crippen LogP) is 2.85. The molecule has 0 saturated carbocycles. The molecule has 0 aliphatic heterocycles. The number of thioether (sulfide) groups is 1. The number of nitrogens with two attached hydrogens (primary N) is 1. The first-order valence-electron chi connectivity index (χ1n) is 6.69. The summed E-state index contributed by atoms with van der Waals surface area (Å²) in [5, 5.41) is 9.23. The summed E-state index contributed by atoms with van der Waals surface area (Å²) in [6.45, 7) is 3.61. The summed E-state index contributed by atoms with van der Waals surface area (Å²) in [6.07, 6.45) is 4.07. The summed E-state index contributed by atoms with van der Waals surface area (Å²) in [5.74, 6) is -0.936. The lowest BCUT2D eigenvalue weighted by Crippen LogP contribution is -2.46. The van der Waals surface area contributed by atoms with Gasteiger partial charge in [0.25, 0.3) is 0 Å². The van der Waals surface area contributed by atoms with Crippen LogP contribution < -0.4 is 5.73 Å². The van der Waals surface area contributed by atoms with Crippen LogP contribution in [-0.4, -0.2) is 21.9 Å². The fourth-order valence-corrected chi connectivity index (χ4v) is 3.83. The summed E-state index contributed by atoms with van der Waals surface area (Å²) in [7, 11) is 0. The number of fused-ring (bicyclic) bond motifs is 1. The highest BCUT2D eigenvalue weighted by Crippen LogP contribution is 2.32. The molecule has 0 aromatic heterocycles. The van der Waals surface area contributed by atoms with E-state index < -0.39 is 11.5 Å². The minimum atomic E-state index is -1.15. The van der Waals surface area contributed by atoms with Gasteiger partial charge in [0.2, 0.25) is 0 Å². The van der Waals surface area contributed by atoms with Crippen LogP contribution in [0.1, 0.15) is 37.8 Å². The molecule has 19 heavy (non-hydrogen) atoms. The number of benzene rings is 1. The maximum absolute atomic E-state index is 11.0. The summed E-state index contributed by atoms with van der Waals surface area (Å²) < 4.78 is 0. The van der Waals surface area contributed by atoms with Gasteiger partial charge < -0.3 is 10.8 Å². The van der Waals surface area contributed by atoms with E-state index in [0.29, 0.717) is 6.42 Å². The zero-order valence-electron chi connectivity index (χ0n) is 11.5. The standard InChI is InChI=1S/C15H21NO2S/c1-10(9-15(2,16)14(17)18)19-13-7-6-11-4-3-5-12(11)8-13/h6-8,10H,3-5,9,16H2,1-2H3,(H,17,18). The van der Waals surface area contributed by atoms with Crippen molar-refractivity contribution in [2.45, 2.75) is 55.2 Å². The highest BCUT2D eigenvalue weighted by molar-refractivity contribution is 7.99. The largest absolute Gasteiger partial charge is 0.480 e. The molecular weight excluding hydrogens is 258 g/mol. The van der Waals surface area contributed by atoms with Crippen LogP contribution in [0, 0.1) is 0 Å². The number of aliphatic carboxylic acids is 1. The lowest BCUT2D eigenvalue weighted by atomic mass is 9.98. The molecule has 0 spiro atoms. The summed E-state index contributed by atoms with van der Waals surface area (Å²) in [5.41, 5.74) is 7.56. The molecular formula is C15H21NO2S. The van der Waals surface area contributed by atoms with Crippen molar-refractivity contribution >= 4 is 17.7 Å². The summed E-state index contributed by atoms with van der Waals surface area (Å²) in [4.78, 5) is 12.2. The molecule has 1 aliphatic carbocycles. The summed E-state index contributed by atoms with van der Waals surface area (Å²) >= 11 is 1.71. The third kappa shape index (κ3) is 3.51. The van der Waals surface area contributed by atoms with Crippen molar-refractivity contribution in [2.75, 3.05) is 0 Å². The smallest absolute Gasteiger partial charge is 0.323 e. The van der Waals surface area contributed by atoms with E-state index >= 15 is 0 Å². The number of carbonyl (C=O) groups is 1. The topological polar surface area (TPSA) is 63.3 Å². The second kappa shape index (κ2) is 5.55. The monoisotopic (exact) mass is 279 g/mol. The van der Waals surface area contributed by atoms with Crippen LogP contribution in [0.3, 0.4) is 0 Å². The molecule has 2 rings (SSSR count). The van der Waals surface area contributed by atoms with Gasteiger partial charge in [-0.3, -0.25) is 4.79 Å². The minimum Gasteiger partial charge on any atom is -0.480 e. The Morgan fingerprint density at radius 2 is 2.16 bits per heavy atom. The first kappa shape index (κ1) is 14.4. The van der Waals surface area contributed by atoms with Crippen molar-refractivity contribution in [2.24, 2.45) is 5.73 Å². The molecule has 4 heteroatoms. The third-order valence-electron chi connectivity index (χ3n) is 3.61. The Hall–Kier alpha value is -1.00. The van der Waals surface area contributed by atoms with Gasteiger partial charge in [-0.1, -0.05) is 13.0 Å². The van der Waals surface area contributed by atoms with Crippen molar-refractivity contribution in [1.29, 1.82) is 0 Å². The number of carboxylic acids is 1. The van der Waals surface area contributed by atoms with Crippen molar-refractivity contribution in [3.05, 3.63) is 29.3 Å². The van der Waals surface area contributed by atoms with Gasteiger partial charge in [0, 0.05) is 10.1 Å². The zero-order chi connectivity index (χ0) is 14.0. The Bertz CT molecular complexity index is 485. The lowest BCUT2D eigenvalue weighted by molar-refractivity contribution is -0.142. The number of carboxylic acid groups (broad SMARTS) is 1. The predicted molar refractivity (Wildman–Crippen MR) is 78.6 cm³/mol. The molecule has 1 aromatic carbocycles.